The Morgan fingerprint density at radius 3 is 2.29 bits per heavy atom. The Labute approximate surface area is 222 Å². The standard InChI is InChI=1S/C28H37FN8O/c29-19-7-5-18(6-8-19)27(38)36-15-13-22(14-16-36)32-25-24-26(37(17-31-24)23-3-1-2-4-23)35-28(34-25)33-21-11-9-20(30)10-12-21/h5-8,17,20-23H,1-4,9-16,30H2,(H2,32,33,34,35). The largest absolute Gasteiger partial charge is 0.365 e. The minimum atomic E-state index is -0.336. The van der Waals surface area contributed by atoms with Crippen molar-refractivity contribution < 1.29 is 9.18 Å². The molecule has 0 atom stereocenters. The number of rotatable bonds is 6. The summed E-state index contributed by atoms with van der Waals surface area (Å²) in [4.78, 5) is 29.3. The predicted molar refractivity (Wildman–Crippen MR) is 146 cm³/mol. The van der Waals surface area contributed by atoms with Gasteiger partial charge in [0.05, 0.1) is 6.33 Å². The summed E-state index contributed by atoms with van der Waals surface area (Å²) in [6, 6.07) is 6.98. The SMILES string of the molecule is NC1CCC(Nc2nc(NC3CCN(C(=O)c4ccc(F)cc4)CC3)c3ncn(C4CCCC4)c3n2)CC1. The average molecular weight is 521 g/mol. The van der Waals surface area contributed by atoms with E-state index in [2.05, 4.69) is 15.2 Å². The number of nitrogens with two attached hydrogens (primary N) is 1. The second kappa shape index (κ2) is 10.8. The number of halogens is 1. The van der Waals surface area contributed by atoms with E-state index >= 15 is 0 Å². The highest BCUT2D eigenvalue weighted by atomic mass is 19.1. The van der Waals surface area contributed by atoms with Crippen molar-refractivity contribution in [1.82, 2.24) is 24.4 Å². The lowest BCUT2D eigenvalue weighted by Crippen LogP contribution is -2.42. The fourth-order valence-electron chi connectivity index (χ4n) is 6.17. The van der Waals surface area contributed by atoms with E-state index in [4.69, 9.17) is 20.7 Å². The molecule has 0 spiro atoms. The number of aromatic nitrogens is 4. The van der Waals surface area contributed by atoms with E-state index in [-0.39, 0.29) is 17.8 Å². The van der Waals surface area contributed by atoms with Crippen molar-refractivity contribution in [2.45, 2.75) is 88.4 Å². The van der Waals surface area contributed by atoms with Crippen LogP contribution in [-0.4, -0.2) is 61.5 Å². The van der Waals surface area contributed by atoms with Gasteiger partial charge in [-0.1, -0.05) is 12.8 Å². The fourth-order valence-corrected chi connectivity index (χ4v) is 6.17. The van der Waals surface area contributed by atoms with Crippen LogP contribution in [0, 0.1) is 5.82 Å². The number of carbonyl (C=O) groups excluding carboxylic acids is 1. The average Bonchev–Trinajstić information content (AvgIpc) is 3.61. The number of nitrogens with zero attached hydrogens (tertiary/aromatic N) is 5. The smallest absolute Gasteiger partial charge is 0.253 e. The van der Waals surface area contributed by atoms with E-state index in [0.29, 0.717) is 42.7 Å². The third-order valence-corrected chi connectivity index (χ3v) is 8.46. The van der Waals surface area contributed by atoms with Crippen LogP contribution in [0.1, 0.15) is 80.6 Å². The molecule has 2 saturated carbocycles. The number of anilines is 2. The highest BCUT2D eigenvalue weighted by Crippen LogP contribution is 2.34. The number of carbonyl (C=O) groups is 1. The third kappa shape index (κ3) is 5.32. The molecule has 10 heteroatoms. The summed E-state index contributed by atoms with van der Waals surface area (Å²) >= 11 is 0. The van der Waals surface area contributed by atoms with E-state index in [1.165, 1.54) is 25.0 Å². The van der Waals surface area contributed by atoms with Crippen molar-refractivity contribution >= 4 is 28.8 Å². The van der Waals surface area contributed by atoms with Crippen LogP contribution in [0.2, 0.25) is 0 Å². The highest BCUT2D eigenvalue weighted by Gasteiger charge is 2.27. The summed E-state index contributed by atoms with van der Waals surface area (Å²) in [6.07, 6.45) is 12.4. The monoisotopic (exact) mass is 520 g/mol. The number of likely N-dealkylation sites (tertiary alicyclic amines) is 1. The van der Waals surface area contributed by atoms with Crippen molar-refractivity contribution in [2.75, 3.05) is 23.7 Å². The van der Waals surface area contributed by atoms with E-state index in [1.807, 2.05) is 11.2 Å². The van der Waals surface area contributed by atoms with Crippen molar-refractivity contribution in [1.29, 1.82) is 0 Å². The number of hydrogen-bond acceptors (Lipinski definition) is 7. The van der Waals surface area contributed by atoms with Gasteiger partial charge in [-0.3, -0.25) is 4.79 Å². The van der Waals surface area contributed by atoms with Gasteiger partial charge in [-0.25, -0.2) is 9.37 Å². The Bertz CT molecular complexity index is 1260. The number of imidazole rings is 1. The van der Waals surface area contributed by atoms with Gasteiger partial charge in [0.25, 0.3) is 5.91 Å². The van der Waals surface area contributed by atoms with E-state index in [0.717, 1.165) is 68.3 Å². The normalized spacial score (nSPS) is 23.2. The molecule has 4 N–H and O–H groups in total. The number of benzene rings is 1. The van der Waals surface area contributed by atoms with Gasteiger partial charge in [-0.15, -0.1) is 0 Å². The van der Waals surface area contributed by atoms with Crippen LogP contribution in [0.15, 0.2) is 30.6 Å². The predicted octanol–water partition coefficient (Wildman–Crippen LogP) is 4.48. The van der Waals surface area contributed by atoms with Crippen LogP contribution in [0.5, 0.6) is 0 Å². The maximum absolute atomic E-state index is 13.3. The van der Waals surface area contributed by atoms with Crippen LogP contribution < -0.4 is 16.4 Å². The Balaban J connectivity index is 1.19. The van der Waals surface area contributed by atoms with Gasteiger partial charge >= 0.3 is 0 Å². The van der Waals surface area contributed by atoms with Crippen molar-refractivity contribution in [3.63, 3.8) is 0 Å². The molecular weight excluding hydrogens is 483 g/mol. The molecule has 1 aliphatic heterocycles. The molecule has 1 aromatic carbocycles. The Kier molecular flexibility index (Phi) is 7.14. The quantitative estimate of drug-likeness (QED) is 0.439. The van der Waals surface area contributed by atoms with Gasteiger partial charge in [-0.05, 0) is 75.6 Å². The Morgan fingerprint density at radius 2 is 1.58 bits per heavy atom. The van der Waals surface area contributed by atoms with Crippen molar-refractivity contribution in [3.05, 3.63) is 42.0 Å². The van der Waals surface area contributed by atoms with Crippen LogP contribution in [-0.2, 0) is 0 Å². The van der Waals surface area contributed by atoms with Gasteiger partial charge in [-0.2, -0.15) is 9.97 Å². The lowest BCUT2D eigenvalue weighted by Gasteiger charge is -2.33. The van der Waals surface area contributed by atoms with E-state index < -0.39 is 0 Å². The zero-order chi connectivity index (χ0) is 26.1. The minimum Gasteiger partial charge on any atom is -0.365 e. The molecule has 202 valence electrons. The molecule has 2 aliphatic carbocycles. The van der Waals surface area contributed by atoms with Crippen LogP contribution in [0.4, 0.5) is 16.2 Å². The summed E-state index contributed by atoms with van der Waals surface area (Å²) in [5, 5.41) is 7.23. The number of piperidine rings is 1. The summed E-state index contributed by atoms with van der Waals surface area (Å²) in [5.74, 6) is 1.01. The minimum absolute atomic E-state index is 0.0538. The molecule has 3 fully saturated rings. The molecule has 0 unspecified atom stereocenters. The summed E-state index contributed by atoms with van der Waals surface area (Å²) in [6.45, 7) is 1.26. The molecule has 3 aromatic rings. The zero-order valence-electron chi connectivity index (χ0n) is 21.8. The maximum atomic E-state index is 13.3. The van der Waals surface area contributed by atoms with Gasteiger partial charge in [0.15, 0.2) is 17.0 Å². The van der Waals surface area contributed by atoms with Crippen LogP contribution in [0.25, 0.3) is 11.2 Å². The third-order valence-electron chi connectivity index (χ3n) is 8.46. The van der Waals surface area contributed by atoms with Crippen molar-refractivity contribution in [2.24, 2.45) is 5.73 Å². The molecule has 0 bridgehead atoms. The number of nitrogens with one attached hydrogen (secondary N) is 2. The molecular formula is C28H37FN8O. The Hall–Kier alpha value is -3.27. The molecule has 6 rings (SSSR count). The second-order valence-electron chi connectivity index (χ2n) is 11.1. The first-order valence-corrected chi connectivity index (χ1v) is 14.1. The molecule has 3 aliphatic rings. The van der Waals surface area contributed by atoms with E-state index in [1.54, 1.807) is 12.1 Å². The van der Waals surface area contributed by atoms with Gasteiger partial charge in [0.2, 0.25) is 5.95 Å². The topological polar surface area (TPSA) is 114 Å². The van der Waals surface area contributed by atoms with Gasteiger partial charge < -0.3 is 25.8 Å². The number of hydrogen-bond donors (Lipinski definition) is 3. The zero-order valence-corrected chi connectivity index (χ0v) is 21.8. The lowest BCUT2D eigenvalue weighted by atomic mass is 9.92. The molecule has 3 heterocycles. The van der Waals surface area contributed by atoms with E-state index in [9.17, 15) is 9.18 Å². The fraction of sp³-hybridized carbons (Fsp3) is 0.571. The first kappa shape index (κ1) is 25.0. The first-order valence-electron chi connectivity index (χ1n) is 14.1. The summed E-state index contributed by atoms with van der Waals surface area (Å²) in [5.41, 5.74) is 8.32. The second-order valence-corrected chi connectivity index (χ2v) is 11.1. The molecule has 1 amide bonds. The highest BCUT2D eigenvalue weighted by molar-refractivity contribution is 5.94. The van der Waals surface area contributed by atoms with Gasteiger partial charge in [0.1, 0.15) is 5.82 Å². The number of fused-ring (bicyclic) bond motifs is 1. The van der Waals surface area contributed by atoms with Gasteiger partial charge in [0, 0.05) is 42.8 Å². The van der Waals surface area contributed by atoms with Crippen molar-refractivity contribution in [3.8, 4) is 0 Å². The Morgan fingerprint density at radius 1 is 0.895 bits per heavy atom. The molecule has 38 heavy (non-hydrogen) atoms. The molecule has 9 nitrogen and oxygen atoms in total. The summed E-state index contributed by atoms with van der Waals surface area (Å²) < 4.78 is 15.5. The summed E-state index contributed by atoms with van der Waals surface area (Å²) in [7, 11) is 0. The first-order chi connectivity index (χ1) is 18.5. The molecule has 0 radical (unpaired) electrons. The number of amides is 1. The maximum Gasteiger partial charge on any atom is 0.253 e. The van der Waals surface area contributed by atoms with Crippen LogP contribution >= 0.6 is 0 Å². The molecule has 1 saturated heterocycles. The molecule has 2 aromatic heterocycles. The lowest BCUT2D eigenvalue weighted by molar-refractivity contribution is 0.0718. The van der Waals surface area contributed by atoms with Crippen LogP contribution in [0.3, 0.4) is 0 Å².